The van der Waals surface area contributed by atoms with Gasteiger partial charge in [0, 0.05) is 11.3 Å². The van der Waals surface area contributed by atoms with E-state index in [1.165, 1.54) is 0 Å². The summed E-state index contributed by atoms with van der Waals surface area (Å²) >= 11 is 0. The van der Waals surface area contributed by atoms with Gasteiger partial charge in [0.1, 0.15) is 6.10 Å². The Hall–Kier alpha value is -1.15. The van der Waals surface area contributed by atoms with E-state index in [2.05, 4.69) is 4.99 Å². The molecular weight excluding hydrogens is 162 g/mol. The molecule has 1 aromatic carbocycles. The third-order valence-electron chi connectivity index (χ3n) is 2.52. The van der Waals surface area contributed by atoms with E-state index in [1.807, 2.05) is 38.1 Å². The second-order valence-electron chi connectivity index (χ2n) is 3.49. The van der Waals surface area contributed by atoms with Gasteiger partial charge in [-0.25, -0.2) is 0 Å². The van der Waals surface area contributed by atoms with Crippen LogP contribution < -0.4 is 0 Å². The molecule has 1 aliphatic heterocycles. The second-order valence-corrected chi connectivity index (χ2v) is 3.49. The largest absolute Gasteiger partial charge is 0.386 e. The quantitative estimate of drug-likeness (QED) is 0.642. The molecule has 2 unspecified atom stereocenters. The van der Waals surface area contributed by atoms with Crippen LogP contribution in [0, 0.1) is 0 Å². The summed E-state index contributed by atoms with van der Waals surface area (Å²) in [5, 5.41) is 9.84. The van der Waals surface area contributed by atoms with Gasteiger partial charge in [0.05, 0.1) is 6.04 Å². The van der Waals surface area contributed by atoms with Crippen molar-refractivity contribution in [1.82, 2.24) is 0 Å². The molecule has 0 spiro atoms. The average molecular weight is 175 g/mol. The Morgan fingerprint density at radius 3 is 2.77 bits per heavy atom. The molecule has 0 saturated carbocycles. The average Bonchev–Trinajstić information content (AvgIpc) is 2.15. The van der Waals surface area contributed by atoms with Gasteiger partial charge in [0.15, 0.2) is 0 Å². The Balaban J connectivity index is 2.58. The first kappa shape index (κ1) is 8.45. The van der Waals surface area contributed by atoms with E-state index >= 15 is 0 Å². The first-order chi connectivity index (χ1) is 6.20. The van der Waals surface area contributed by atoms with Crippen molar-refractivity contribution in [1.29, 1.82) is 0 Å². The highest BCUT2D eigenvalue weighted by Crippen LogP contribution is 2.27. The number of benzene rings is 1. The minimum atomic E-state index is -0.445. The number of aliphatic imine (C=N–C) groups is 1. The van der Waals surface area contributed by atoms with Gasteiger partial charge < -0.3 is 5.11 Å². The summed E-state index contributed by atoms with van der Waals surface area (Å²) in [6.07, 6.45) is -0.445. The Morgan fingerprint density at radius 2 is 2.00 bits per heavy atom. The van der Waals surface area contributed by atoms with Crippen LogP contribution in [0.25, 0.3) is 0 Å². The molecule has 0 bridgehead atoms. The zero-order valence-corrected chi connectivity index (χ0v) is 7.86. The summed E-state index contributed by atoms with van der Waals surface area (Å²) in [5.74, 6) is 0. The summed E-state index contributed by atoms with van der Waals surface area (Å²) in [4.78, 5) is 4.37. The van der Waals surface area contributed by atoms with E-state index in [0.717, 1.165) is 16.8 Å². The van der Waals surface area contributed by atoms with Gasteiger partial charge in [-0.1, -0.05) is 24.3 Å². The van der Waals surface area contributed by atoms with Crippen LogP contribution in [0.15, 0.2) is 29.3 Å². The predicted molar refractivity (Wildman–Crippen MR) is 53.1 cm³/mol. The number of rotatable bonds is 0. The van der Waals surface area contributed by atoms with Crippen LogP contribution in [-0.4, -0.2) is 16.9 Å². The Bertz CT molecular complexity index is 357. The number of hydrogen-bond acceptors (Lipinski definition) is 2. The van der Waals surface area contributed by atoms with E-state index in [-0.39, 0.29) is 6.04 Å². The monoisotopic (exact) mass is 175 g/mol. The van der Waals surface area contributed by atoms with Crippen LogP contribution in [0.4, 0.5) is 0 Å². The molecule has 0 aromatic heterocycles. The minimum absolute atomic E-state index is 0.0186. The number of fused-ring (bicyclic) bond motifs is 1. The molecule has 68 valence electrons. The fraction of sp³-hybridized carbons (Fsp3) is 0.364. The smallest absolute Gasteiger partial charge is 0.102 e. The van der Waals surface area contributed by atoms with Crippen molar-refractivity contribution in [3.05, 3.63) is 35.4 Å². The molecule has 1 aromatic rings. The maximum Gasteiger partial charge on any atom is 0.102 e. The molecule has 0 aliphatic carbocycles. The van der Waals surface area contributed by atoms with Gasteiger partial charge in [-0.15, -0.1) is 0 Å². The summed E-state index contributed by atoms with van der Waals surface area (Å²) in [6, 6.07) is 7.88. The number of aliphatic hydroxyl groups is 1. The van der Waals surface area contributed by atoms with E-state index < -0.39 is 6.10 Å². The topological polar surface area (TPSA) is 32.6 Å². The summed E-state index contributed by atoms with van der Waals surface area (Å²) in [6.45, 7) is 3.92. The summed E-state index contributed by atoms with van der Waals surface area (Å²) in [7, 11) is 0. The highest BCUT2D eigenvalue weighted by Gasteiger charge is 2.23. The standard InChI is InChI=1S/C11H13NO/c1-7-9-5-3-4-6-10(9)11(13)8(2)12-7/h3-6,8,11,13H,1-2H3. The zero-order chi connectivity index (χ0) is 9.42. The first-order valence-electron chi connectivity index (χ1n) is 4.52. The molecule has 1 N–H and O–H groups in total. The summed E-state index contributed by atoms with van der Waals surface area (Å²) < 4.78 is 0. The molecule has 0 amide bonds. The van der Waals surface area contributed by atoms with E-state index in [1.54, 1.807) is 0 Å². The van der Waals surface area contributed by atoms with Gasteiger partial charge in [-0.05, 0) is 19.4 Å². The fourth-order valence-electron chi connectivity index (χ4n) is 1.79. The molecule has 2 heteroatoms. The molecule has 2 atom stereocenters. The van der Waals surface area contributed by atoms with Crippen LogP contribution in [0.3, 0.4) is 0 Å². The maximum absolute atomic E-state index is 9.84. The molecule has 13 heavy (non-hydrogen) atoms. The van der Waals surface area contributed by atoms with Crippen molar-refractivity contribution < 1.29 is 5.11 Å². The third-order valence-corrected chi connectivity index (χ3v) is 2.52. The molecule has 2 rings (SSSR count). The Morgan fingerprint density at radius 1 is 1.31 bits per heavy atom. The highest BCUT2D eigenvalue weighted by molar-refractivity contribution is 6.01. The lowest BCUT2D eigenvalue weighted by molar-refractivity contribution is 0.152. The first-order valence-corrected chi connectivity index (χ1v) is 4.52. The van der Waals surface area contributed by atoms with Crippen molar-refractivity contribution in [3.63, 3.8) is 0 Å². The lowest BCUT2D eigenvalue weighted by atomic mass is 9.92. The third kappa shape index (κ3) is 1.27. The van der Waals surface area contributed by atoms with E-state index in [4.69, 9.17) is 0 Å². The molecular formula is C11H13NO. The maximum atomic E-state index is 9.84. The SMILES string of the molecule is CC1=NC(C)C(O)c2ccccc21. The summed E-state index contributed by atoms with van der Waals surface area (Å²) in [5.41, 5.74) is 3.10. The van der Waals surface area contributed by atoms with Crippen LogP contribution in [0.5, 0.6) is 0 Å². The molecule has 1 heterocycles. The van der Waals surface area contributed by atoms with Crippen LogP contribution in [-0.2, 0) is 0 Å². The molecule has 0 saturated heterocycles. The number of aliphatic hydroxyl groups excluding tert-OH is 1. The minimum Gasteiger partial charge on any atom is -0.386 e. The Kier molecular flexibility index (Phi) is 1.93. The van der Waals surface area contributed by atoms with Crippen molar-refractivity contribution in [2.75, 3.05) is 0 Å². The molecule has 0 fully saturated rings. The highest BCUT2D eigenvalue weighted by atomic mass is 16.3. The van der Waals surface area contributed by atoms with Crippen LogP contribution in [0.1, 0.15) is 31.1 Å². The van der Waals surface area contributed by atoms with Gasteiger partial charge in [0.25, 0.3) is 0 Å². The van der Waals surface area contributed by atoms with Crippen molar-refractivity contribution in [2.24, 2.45) is 4.99 Å². The van der Waals surface area contributed by atoms with Crippen molar-refractivity contribution in [3.8, 4) is 0 Å². The molecule has 1 aliphatic rings. The van der Waals surface area contributed by atoms with Crippen LogP contribution in [0.2, 0.25) is 0 Å². The van der Waals surface area contributed by atoms with E-state index in [9.17, 15) is 5.11 Å². The van der Waals surface area contributed by atoms with Gasteiger partial charge >= 0.3 is 0 Å². The lowest BCUT2D eigenvalue weighted by Gasteiger charge is -2.24. The predicted octanol–water partition coefficient (Wildman–Crippen LogP) is 1.93. The lowest BCUT2D eigenvalue weighted by Crippen LogP contribution is -2.22. The van der Waals surface area contributed by atoms with Crippen molar-refractivity contribution >= 4 is 5.71 Å². The van der Waals surface area contributed by atoms with E-state index in [0.29, 0.717) is 0 Å². The van der Waals surface area contributed by atoms with Crippen LogP contribution >= 0.6 is 0 Å². The Labute approximate surface area is 77.9 Å². The molecule has 2 nitrogen and oxygen atoms in total. The van der Waals surface area contributed by atoms with Gasteiger partial charge in [-0.2, -0.15) is 0 Å². The van der Waals surface area contributed by atoms with Gasteiger partial charge in [0.2, 0.25) is 0 Å². The zero-order valence-electron chi connectivity index (χ0n) is 7.86. The van der Waals surface area contributed by atoms with Gasteiger partial charge in [-0.3, -0.25) is 4.99 Å². The number of hydrogen-bond donors (Lipinski definition) is 1. The fourth-order valence-corrected chi connectivity index (χ4v) is 1.79. The molecule has 0 radical (unpaired) electrons. The second kappa shape index (κ2) is 2.96. The normalized spacial score (nSPS) is 26.5. The van der Waals surface area contributed by atoms with Crippen molar-refractivity contribution in [2.45, 2.75) is 26.0 Å². The number of nitrogens with zero attached hydrogens (tertiary/aromatic N) is 1.